The minimum Gasteiger partial charge on any atom is -0.333 e. The number of nitrogens with two attached hydrogens (primary N) is 1. The molecule has 0 radical (unpaired) electrons. The van der Waals surface area contributed by atoms with Gasteiger partial charge in [0.05, 0.1) is 12.7 Å². The lowest BCUT2D eigenvalue weighted by atomic mass is 9.92. The third-order valence-corrected chi connectivity index (χ3v) is 5.03. The molecule has 0 bridgehead atoms. The number of carbonyl (C=O) groups is 1. The van der Waals surface area contributed by atoms with Gasteiger partial charge < -0.3 is 10.6 Å². The highest BCUT2D eigenvalue weighted by atomic mass is 35.5. The summed E-state index contributed by atoms with van der Waals surface area (Å²) in [6.07, 6.45) is 3.71. The topological polar surface area (TPSA) is 77.0 Å². The molecule has 0 spiro atoms. The Hall–Kier alpha value is -1.44. The maximum Gasteiger partial charge on any atom is 0.276 e. The van der Waals surface area contributed by atoms with Crippen LogP contribution in [0.1, 0.15) is 35.1 Å². The average molecular weight is 356 g/mol. The predicted molar refractivity (Wildman–Crippen MR) is 93.0 cm³/mol. The molecule has 1 fully saturated rings. The van der Waals surface area contributed by atoms with Gasteiger partial charge in [0.15, 0.2) is 5.69 Å². The van der Waals surface area contributed by atoms with E-state index in [4.69, 9.17) is 5.73 Å². The molecule has 2 aromatic heterocycles. The summed E-state index contributed by atoms with van der Waals surface area (Å²) in [4.78, 5) is 15.7. The van der Waals surface area contributed by atoms with Crippen molar-refractivity contribution in [1.29, 1.82) is 0 Å². The van der Waals surface area contributed by atoms with Crippen molar-refractivity contribution >= 4 is 29.7 Å². The zero-order valence-corrected chi connectivity index (χ0v) is 14.7. The van der Waals surface area contributed by atoms with Gasteiger partial charge in [-0.25, -0.2) is 4.68 Å². The molecule has 126 valence electrons. The van der Waals surface area contributed by atoms with Crippen LogP contribution in [0, 0.1) is 5.92 Å². The fourth-order valence-electron chi connectivity index (χ4n) is 2.93. The van der Waals surface area contributed by atoms with Crippen LogP contribution in [0.25, 0.3) is 0 Å². The van der Waals surface area contributed by atoms with E-state index in [1.54, 1.807) is 22.2 Å². The highest BCUT2D eigenvalue weighted by Gasteiger charge is 2.30. The molecule has 6 nitrogen and oxygen atoms in total. The van der Waals surface area contributed by atoms with E-state index >= 15 is 0 Å². The number of hydrogen-bond acceptors (Lipinski definition) is 5. The number of piperidine rings is 1. The second-order valence-corrected chi connectivity index (χ2v) is 6.93. The van der Waals surface area contributed by atoms with E-state index in [1.807, 2.05) is 22.4 Å². The molecular formula is C15H22ClN5OS. The maximum atomic E-state index is 12.6. The van der Waals surface area contributed by atoms with Crippen molar-refractivity contribution in [2.75, 3.05) is 13.1 Å². The fraction of sp³-hybridized carbons (Fsp3) is 0.533. The molecule has 1 saturated heterocycles. The quantitative estimate of drug-likeness (QED) is 0.910. The molecule has 2 unspecified atom stereocenters. The van der Waals surface area contributed by atoms with Gasteiger partial charge in [0.25, 0.3) is 5.91 Å². The van der Waals surface area contributed by atoms with Crippen molar-refractivity contribution in [2.24, 2.45) is 11.7 Å². The summed E-state index contributed by atoms with van der Waals surface area (Å²) in [5.41, 5.74) is 6.24. The van der Waals surface area contributed by atoms with Gasteiger partial charge in [0.1, 0.15) is 0 Å². The van der Waals surface area contributed by atoms with E-state index in [-0.39, 0.29) is 24.4 Å². The third kappa shape index (κ3) is 4.10. The molecule has 1 aliphatic rings. The largest absolute Gasteiger partial charge is 0.333 e. The summed E-state index contributed by atoms with van der Waals surface area (Å²) < 4.78 is 1.71. The summed E-state index contributed by atoms with van der Waals surface area (Å²) in [6, 6.07) is 4.16. The van der Waals surface area contributed by atoms with Crippen molar-refractivity contribution < 1.29 is 4.79 Å². The van der Waals surface area contributed by atoms with E-state index in [0.29, 0.717) is 24.7 Å². The lowest BCUT2D eigenvalue weighted by Crippen LogP contribution is -2.49. The van der Waals surface area contributed by atoms with Crippen molar-refractivity contribution in [1.82, 2.24) is 19.9 Å². The number of carbonyl (C=O) groups excluding carboxylic acids is 1. The third-order valence-electron chi connectivity index (χ3n) is 4.17. The zero-order valence-electron chi connectivity index (χ0n) is 13.1. The number of thiophene rings is 1. The van der Waals surface area contributed by atoms with Crippen molar-refractivity contribution in [3.05, 3.63) is 34.3 Å². The molecule has 2 atom stereocenters. The van der Waals surface area contributed by atoms with Crippen LogP contribution >= 0.6 is 23.7 Å². The van der Waals surface area contributed by atoms with Gasteiger partial charge in [0.2, 0.25) is 0 Å². The Balaban J connectivity index is 0.00000192. The van der Waals surface area contributed by atoms with Gasteiger partial charge >= 0.3 is 0 Å². The molecule has 3 rings (SSSR count). The van der Waals surface area contributed by atoms with E-state index in [9.17, 15) is 4.79 Å². The molecule has 1 amide bonds. The standard InChI is InChI=1S/C15H21N5OS.ClH/c1-11-4-5-20(12(7-11)8-16)15(21)14-10-19(18-17-14)9-13-3-2-6-22-13;/h2-3,6,10-12H,4-5,7-9,16H2,1H3;1H. The van der Waals surface area contributed by atoms with Crippen LogP contribution in [-0.4, -0.2) is 44.9 Å². The van der Waals surface area contributed by atoms with E-state index in [2.05, 4.69) is 17.2 Å². The van der Waals surface area contributed by atoms with Gasteiger partial charge in [-0.1, -0.05) is 18.2 Å². The van der Waals surface area contributed by atoms with Gasteiger partial charge in [-0.3, -0.25) is 4.79 Å². The molecule has 0 aliphatic carbocycles. The van der Waals surface area contributed by atoms with Crippen LogP contribution in [0.15, 0.2) is 23.7 Å². The monoisotopic (exact) mass is 355 g/mol. The number of nitrogens with zero attached hydrogens (tertiary/aromatic N) is 4. The van der Waals surface area contributed by atoms with Gasteiger partial charge in [-0.15, -0.1) is 28.8 Å². The molecule has 3 heterocycles. The summed E-state index contributed by atoms with van der Waals surface area (Å²) in [6.45, 7) is 4.11. The first-order chi connectivity index (χ1) is 10.7. The summed E-state index contributed by atoms with van der Waals surface area (Å²) in [7, 11) is 0. The lowest BCUT2D eigenvalue weighted by molar-refractivity contribution is 0.0567. The number of amides is 1. The number of halogens is 1. The molecule has 1 aliphatic heterocycles. The Morgan fingerprint density at radius 3 is 3.04 bits per heavy atom. The highest BCUT2D eigenvalue weighted by Crippen LogP contribution is 2.23. The first-order valence-electron chi connectivity index (χ1n) is 7.61. The van der Waals surface area contributed by atoms with Gasteiger partial charge in [-0.2, -0.15) is 0 Å². The predicted octanol–water partition coefficient (Wildman–Crippen LogP) is 2.01. The van der Waals surface area contributed by atoms with Crippen LogP contribution in [0.4, 0.5) is 0 Å². The van der Waals surface area contributed by atoms with E-state index in [0.717, 1.165) is 19.4 Å². The molecule has 8 heteroatoms. The Morgan fingerprint density at radius 1 is 1.52 bits per heavy atom. The minimum atomic E-state index is -0.0558. The van der Waals surface area contributed by atoms with Crippen LogP contribution in [0.3, 0.4) is 0 Å². The second kappa shape index (κ2) is 7.90. The molecule has 0 saturated carbocycles. The van der Waals surface area contributed by atoms with Crippen LogP contribution in [-0.2, 0) is 6.54 Å². The normalized spacial score (nSPS) is 21.0. The molecule has 0 aromatic carbocycles. The fourth-order valence-corrected chi connectivity index (χ4v) is 3.62. The molecular weight excluding hydrogens is 334 g/mol. The summed E-state index contributed by atoms with van der Waals surface area (Å²) in [5, 5.41) is 10.1. The zero-order chi connectivity index (χ0) is 15.5. The van der Waals surface area contributed by atoms with E-state index in [1.165, 1.54) is 4.88 Å². The highest BCUT2D eigenvalue weighted by molar-refractivity contribution is 7.09. The van der Waals surface area contributed by atoms with Gasteiger partial charge in [-0.05, 0) is 30.2 Å². The average Bonchev–Trinajstić information content (AvgIpc) is 3.18. The minimum absolute atomic E-state index is 0. The first-order valence-corrected chi connectivity index (χ1v) is 8.49. The first kappa shape index (κ1) is 17.9. The SMILES string of the molecule is CC1CCN(C(=O)c2cn(Cc3cccs3)nn2)C(CN)C1.Cl. The maximum absolute atomic E-state index is 12.6. The molecule has 2 N–H and O–H groups in total. The Labute approximate surface area is 146 Å². The number of likely N-dealkylation sites (tertiary alicyclic amines) is 1. The van der Waals surface area contributed by atoms with Crippen LogP contribution in [0.5, 0.6) is 0 Å². The van der Waals surface area contributed by atoms with Crippen LogP contribution in [0.2, 0.25) is 0 Å². The Bertz CT molecular complexity index is 630. The van der Waals surface area contributed by atoms with E-state index < -0.39 is 0 Å². The smallest absolute Gasteiger partial charge is 0.276 e. The van der Waals surface area contributed by atoms with Crippen molar-refractivity contribution in [2.45, 2.75) is 32.4 Å². The Kier molecular flexibility index (Phi) is 6.15. The second-order valence-electron chi connectivity index (χ2n) is 5.90. The number of aromatic nitrogens is 3. The van der Waals surface area contributed by atoms with Crippen molar-refractivity contribution in [3.63, 3.8) is 0 Å². The molecule has 23 heavy (non-hydrogen) atoms. The summed E-state index contributed by atoms with van der Waals surface area (Å²) >= 11 is 1.67. The van der Waals surface area contributed by atoms with Gasteiger partial charge in [0, 0.05) is 24.0 Å². The molecule has 2 aromatic rings. The number of rotatable bonds is 4. The Morgan fingerprint density at radius 2 is 2.35 bits per heavy atom. The van der Waals surface area contributed by atoms with Crippen LogP contribution < -0.4 is 5.73 Å². The lowest BCUT2D eigenvalue weighted by Gasteiger charge is -2.37. The van der Waals surface area contributed by atoms with Crippen molar-refractivity contribution in [3.8, 4) is 0 Å². The number of hydrogen-bond donors (Lipinski definition) is 1. The summed E-state index contributed by atoms with van der Waals surface area (Å²) in [5.74, 6) is 0.562.